The van der Waals surface area contributed by atoms with Crippen LogP contribution in [0, 0.1) is 0 Å². The highest BCUT2D eigenvalue weighted by Crippen LogP contribution is 2.28. The van der Waals surface area contributed by atoms with E-state index in [-0.39, 0.29) is 37.4 Å². The third-order valence-electron chi connectivity index (χ3n) is 6.89. The lowest BCUT2D eigenvalue weighted by atomic mass is 10.0. The number of urea groups is 1. The van der Waals surface area contributed by atoms with Crippen molar-refractivity contribution in [2.75, 3.05) is 5.32 Å². The SMILES string of the molecule is NCc1ccccc1COc1ccc(NC(=O)NCc2ccc3c(c2)CN(C2CCC(=O)NC2=O)C3=O)cc1. The monoisotopic (exact) mass is 527 g/mol. The molecule has 3 aromatic rings. The molecule has 5 N–H and O–H groups in total. The molecule has 0 aromatic heterocycles. The molecule has 10 nitrogen and oxygen atoms in total. The summed E-state index contributed by atoms with van der Waals surface area (Å²) in [5.41, 5.74) is 10.6. The maximum Gasteiger partial charge on any atom is 0.319 e. The number of nitrogens with one attached hydrogen (secondary N) is 3. The summed E-state index contributed by atoms with van der Waals surface area (Å²) < 4.78 is 5.85. The summed E-state index contributed by atoms with van der Waals surface area (Å²) in [6.07, 6.45) is 0.522. The number of nitrogens with two attached hydrogens (primary N) is 1. The molecular formula is C29H29N5O5. The number of amides is 5. The summed E-state index contributed by atoms with van der Waals surface area (Å²) in [6.45, 7) is 1.39. The number of nitrogens with zero attached hydrogens (tertiary/aromatic N) is 1. The molecule has 0 aliphatic carbocycles. The minimum absolute atomic E-state index is 0.208. The van der Waals surface area contributed by atoms with Crippen molar-refractivity contribution in [2.24, 2.45) is 5.73 Å². The van der Waals surface area contributed by atoms with Crippen molar-refractivity contribution in [3.63, 3.8) is 0 Å². The van der Waals surface area contributed by atoms with E-state index >= 15 is 0 Å². The summed E-state index contributed by atoms with van der Waals surface area (Å²) in [5.74, 6) is -0.317. The van der Waals surface area contributed by atoms with E-state index in [4.69, 9.17) is 10.5 Å². The van der Waals surface area contributed by atoms with Crippen LogP contribution in [0.15, 0.2) is 66.7 Å². The predicted molar refractivity (Wildman–Crippen MR) is 143 cm³/mol. The second-order valence-electron chi connectivity index (χ2n) is 9.49. The van der Waals surface area contributed by atoms with Gasteiger partial charge in [0.15, 0.2) is 0 Å². The van der Waals surface area contributed by atoms with Gasteiger partial charge in [-0.2, -0.15) is 0 Å². The maximum absolute atomic E-state index is 12.8. The molecule has 0 saturated carbocycles. The molecule has 3 aromatic carbocycles. The van der Waals surface area contributed by atoms with E-state index in [0.717, 1.165) is 22.3 Å². The highest BCUT2D eigenvalue weighted by atomic mass is 16.5. The van der Waals surface area contributed by atoms with Crippen molar-refractivity contribution in [3.05, 3.63) is 94.5 Å². The Morgan fingerprint density at radius 2 is 1.79 bits per heavy atom. The molecule has 5 amide bonds. The molecular weight excluding hydrogens is 498 g/mol. The first-order valence-corrected chi connectivity index (χ1v) is 12.7. The fraction of sp³-hybridized carbons (Fsp3) is 0.241. The quantitative estimate of drug-likeness (QED) is 0.332. The molecule has 10 heteroatoms. The van der Waals surface area contributed by atoms with Crippen LogP contribution in [0.25, 0.3) is 0 Å². The Morgan fingerprint density at radius 1 is 1.03 bits per heavy atom. The molecule has 2 aliphatic heterocycles. The second-order valence-corrected chi connectivity index (χ2v) is 9.49. The molecule has 2 aliphatic rings. The van der Waals surface area contributed by atoms with Crippen LogP contribution in [0.3, 0.4) is 0 Å². The third kappa shape index (κ3) is 5.91. The lowest BCUT2D eigenvalue weighted by Gasteiger charge is -2.29. The van der Waals surface area contributed by atoms with Crippen LogP contribution in [0.2, 0.25) is 0 Å². The van der Waals surface area contributed by atoms with Crippen LogP contribution < -0.4 is 26.4 Å². The van der Waals surface area contributed by atoms with E-state index in [9.17, 15) is 19.2 Å². The van der Waals surface area contributed by atoms with E-state index in [1.807, 2.05) is 30.3 Å². The zero-order chi connectivity index (χ0) is 27.4. The van der Waals surface area contributed by atoms with Gasteiger partial charge in [0.1, 0.15) is 18.4 Å². The first-order valence-electron chi connectivity index (χ1n) is 12.7. The molecule has 0 bridgehead atoms. The van der Waals surface area contributed by atoms with Crippen molar-refractivity contribution < 1.29 is 23.9 Å². The molecule has 0 spiro atoms. The van der Waals surface area contributed by atoms with Crippen molar-refractivity contribution in [3.8, 4) is 5.75 Å². The second kappa shape index (κ2) is 11.4. The standard InChI is InChI=1S/C29H29N5O5/c30-14-19-3-1-2-4-20(19)17-39-23-8-6-22(7-9-23)32-29(38)31-15-18-5-10-24-21(13-18)16-34(28(24)37)25-11-12-26(35)33-27(25)36/h1-10,13,25H,11-12,14-17,30H2,(H2,31,32,38)(H,33,35,36). The average Bonchev–Trinajstić information content (AvgIpc) is 3.27. The predicted octanol–water partition coefficient (Wildman–Crippen LogP) is 2.81. The minimum Gasteiger partial charge on any atom is -0.489 e. The highest BCUT2D eigenvalue weighted by Gasteiger charge is 2.39. The van der Waals surface area contributed by atoms with E-state index < -0.39 is 11.9 Å². The van der Waals surface area contributed by atoms with Gasteiger partial charge in [-0.3, -0.25) is 19.7 Å². The number of imide groups is 1. The van der Waals surface area contributed by atoms with Crippen molar-refractivity contribution >= 4 is 29.4 Å². The Morgan fingerprint density at radius 3 is 2.54 bits per heavy atom. The van der Waals surface area contributed by atoms with Gasteiger partial charge in [-0.15, -0.1) is 0 Å². The van der Waals surface area contributed by atoms with Crippen LogP contribution >= 0.6 is 0 Å². The minimum atomic E-state index is -0.659. The van der Waals surface area contributed by atoms with Crippen molar-refractivity contribution in [2.45, 2.75) is 45.1 Å². The first-order chi connectivity index (χ1) is 18.9. The molecule has 1 unspecified atom stereocenters. The molecule has 200 valence electrons. The number of rotatable bonds is 8. The smallest absolute Gasteiger partial charge is 0.319 e. The van der Waals surface area contributed by atoms with Crippen LogP contribution in [0.1, 0.15) is 45.5 Å². The zero-order valence-electron chi connectivity index (χ0n) is 21.2. The molecule has 2 heterocycles. The van der Waals surface area contributed by atoms with Crippen LogP contribution in [-0.2, 0) is 35.8 Å². The molecule has 1 fully saturated rings. The van der Waals surface area contributed by atoms with E-state index in [1.54, 1.807) is 36.4 Å². The fourth-order valence-electron chi connectivity index (χ4n) is 4.79. The van der Waals surface area contributed by atoms with Gasteiger partial charge in [0.05, 0.1) is 0 Å². The maximum atomic E-state index is 12.8. The number of fused-ring (bicyclic) bond motifs is 1. The van der Waals surface area contributed by atoms with Gasteiger partial charge in [-0.1, -0.05) is 36.4 Å². The average molecular weight is 528 g/mol. The normalized spacial score (nSPS) is 16.5. The van der Waals surface area contributed by atoms with Crippen molar-refractivity contribution in [1.82, 2.24) is 15.5 Å². The Balaban J connectivity index is 1.12. The first kappa shape index (κ1) is 25.9. The van der Waals surface area contributed by atoms with Gasteiger partial charge >= 0.3 is 6.03 Å². The third-order valence-corrected chi connectivity index (χ3v) is 6.89. The lowest BCUT2D eigenvalue weighted by molar-refractivity contribution is -0.136. The summed E-state index contributed by atoms with van der Waals surface area (Å²) in [6, 6.07) is 19.2. The molecule has 1 saturated heterocycles. The Bertz CT molecular complexity index is 1420. The van der Waals surface area contributed by atoms with Gasteiger partial charge in [0.25, 0.3) is 5.91 Å². The number of hydrogen-bond acceptors (Lipinski definition) is 6. The summed E-state index contributed by atoms with van der Waals surface area (Å²) in [4.78, 5) is 50.5. The lowest BCUT2D eigenvalue weighted by Crippen LogP contribution is -2.52. The fourth-order valence-corrected chi connectivity index (χ4v) is 4.79. The van der Waals surface area contributed by atoms with E-state index in [2.05, 4.69) is 16.0 Å². The highest BCUT2D eigenvalue weighted by molar-refractivity contribution is 6.05. The topological polar surface area (TPSA) is 143 Å². The van der Waals surface area contributed by atoms with Gasteiger partial charge in [-0.25, -0.2) is 4.79 Å². The van der Waals surface area contributed by atoms with Crippen LogP contribution in [0.4, 0.5) is 10.5 Å². The van der Waals surface area contributed by atoms with Crippen molar-refractivity contribution in [1.29, 1.82) is 0 Å². The van der Waals surface area contributed by atoms with Gasteiger partial charge in [0.2, 0.25) is 11.8 Å². The number of anilines is 1. The molecule has 39 heavy (non-hydrogen) atoms. The molecule has 1 atom stereocenters. The van der Waals surface area contributed by atoms with Crippen LogP contribution in [-0.4, -0.2) is 34.7 Å². The Kier molecular flexibility index (Phi) is 7.55. The number of carbonyl (C=O) groups excluding carboxylic acids is 4. The Labute approximate surface area is 225 Å². The van der Waals surface area contributed by atoms with Gasteiger partial charge in [-0.05, 0) is 59.0 Å². The van der Waals surface area contributed by atoms with Gasteiger partial charge in [0, 0.05) is 37.3 Å². The molecule has 5 rings (SSSR count). The summed E-state index contributed by atoms with van der Waals surface area (Å²) in [5, 5.41) is 7.91. The van der Waals surface area contributed by atoms with E-state index in [0.29, 0.717) is 36.6 Å². The summed E-state index contributed by atoms with van der Waals surface area (Å²) in [7, 11) is 0. The number of hydrogen-bond donors (Lipinski definition) is 4. The largest absolute Gasteiger partial charge is 0.489 e. The summed E-state index contributed by atoms with van der Waals surface area (Å²) >= 11 is 0. The Hall–Kier alpha value is -4.70. The van der Waals surface area contributed by atoms with E-state index in [1.165, 1.54) is 4.90 Å². The number of benzene rings is 3. The molecule has 0 radical (unpaired) electrons. The number of carbonyl (C=O) groups is 4. The number of piperidine rings is 1. The zero-order valence-corrected chi connectivity index (χ0v) is 21.2. The number of ether oxygens (including phenoxy) is 1. The van der Waals surface area contributed by atoms with Gasteiger partial charge < -0.3 is 26.0 Å². The van der Waals surface area contributed by atoms with Crippen LogP contribution in [0.5, 0.6) is 5.75 Å².